The quantitative estimate of drug-likeness (QED) is 0.635. The molecule has 1 fully saturated rings. The molecule has 0 aliphatic carbocycles. The first kappa shape index (κ1) is 18.9. The monoisotopic (exact) mass is 407 g/mol. The van der Waals surface area contributed by atoms with Crippen molar-refractivity contribution >= 4 is 28.7 Å². The van der Waals surface area contributed by atoms with E-state index >= 15 is 0 Å². The van der Waals surface area contributed by atoms with E-state index in [0.717, 1.165) is 0 Å². The topological polar surface area (TPSA) is 54.8 Å². The van der Waals surface area contributed by atoms with Gasteiger partial charge in [0.15, 0.2) is 5.65 Å². The fourth-order valence-corrected chi connectivity index (χ4v) is 3.44. The lowest BCUT2D eigenvalue weighted by atomic mass is 10.1. The molecule has 0 N–H and O–H groups in total. The van der Waals surface area contributed by atoms with Gasteiger partial charge in [0.2, 0.25) is 12.4 Å². The molecule has 3 heterocycles. The lowest BCUT2D eigenvalue weighted by Crippen LogP contribution is -2.24. The highest BCUT2D eigenvalue weighted by molar-refractivity contribution is 6.30. The fraction of sp³-hybridized carbons (Fsp3) is 0.368. The Morgan fingerprint density at radius 1 is 1.11 bits per heavy atom. The predicted molar refractivity (Wildman–Crippen MR) is 101 cm³/mol. The number of benzene rings is 1. The average molecular weight is 408 g/mol. The van der Waals surface area contributed by atoms with Crippen LogP contribution in [0.5, 0.6) is 0 Å². The van der Waals surface area contributed by atoms with Crippen LogP contribution < -0.4 is 4.90 Å². The zero-order chi connectivity index (χ0) is 20.0. The number of anilines is 1. The van der Waals surface area contributed by atoms with E-state index in [1.807, 2.05) is 0 Å². The van der Waals surface area contributed by atoms with Crippen LogP contribution in [0.4, 0.5) is 19.1 Å². The fourth-order valence-electron chi connectivity index (χ4n) is 3.29. The largest absolute Gasteiger partial charge is 0.340 e. The number of halogens is 4. The van der Waals surface area contributed by atoms with Gasteiger partial charge in [0, 0.05) is 29.6 Å². The molecule has 0 saturated carbocycles. The van der Waals surface area contributed by atoms with Crippen LogP contribution >= 0.6 is 11.6 Å². The van der Waals surface area contributed by atoms with Gasteiger partial charge in [-0.15, -0.1) is 0 Å². The average Bonchev–Trinajstić information content (AvgIpc) is 3.13. The standard InChI is InChI=1S/C19H17ClF3N5/c1-9-10(2)25-18-16(24-9)15(13-4-3-12(20)7-14(13)21)26-19(27-18)28-6-5-11(8-28)17(22)23/h3-4,7,11,17H,5-6,8H2,1-2H3. The number of aryl methyl sites for hydroxylation is 2. The van der Waals surface area contributed by atoms with Crippen LogP contribution in [0.1, 0.15) is 17.8 Å². The summed E-state index contributed by atoms with van der Waals surface area (Å²) >= 11 is 5.87. The Morgan fingerprint density at radius 3 is 2.54 bits per heavy atom. The van der Waals surface area contributed by atoms with Crippen molar-refractivity contribution in [3.05, 3.63) is 40.4 Å². The Kier molecular flexibility index (Phi) is 4.82. The summed E-state index contributed by atoms with van der Waals surface area (Å²) < 4.78 is 40.7. The summed E-state index contributed by atoms with van der Waals surface area (Å²) in [4.78, 5) is 19.6. The first-order chi connectivity index (χ1) is 13.3. The Labute approximate surface area is 164 Å². The summed E-state index contributed by atoms with van der Waals surface area (Å²) in [5.74, 6) is -1.04. The molecule has 146 valence electrons. The van der Waals surface area contributed by atoms with Gasteiger partial charge >= 0.3 is 0 Å². The molecule has 0 spiro atoms. The summed E-state index contributed by atoms with van der Waals surface area (Å²) in [6, 6.07) is 4.28. The summed E-state index contributed by atoms with van der Waals surface area (Å²) in [6.45, 7) is 4.14. The molecule has 0 radical (unpaired) electrons. The molecule has 28 heavy (non-hydrogen) atoms. The molecule has 1 atom stereocenters. The summed E-state index contributed by atoms with van der Waals surface area (Å²) in [6.07, 6.45) is -2.05. The van der Waals surface area contributed by atoms with E-state index in [1.165, 1.54) is 12.1 Å². The summed E-state index contributed by atoms with van der Waals surface area (Å²) in [5.41, 5.74) is 2.51. The Balaban J connectivity index is 1.90. The van der Waals surface area contributed by atoms with E-state index < -0.39 is 18.2 Å². The lowest BCUT2D eigenvalue weighted by Gasteiger charge is -2.18. The minimum absolute atomic E-state index is 0.143. The summed E-state index contributed by atoms with van der Waals surface area (Å²) in [7, 11) is 0. The molecule has 1 saturated heterocycles. The maximum absolute atomic E-state index is 14.6. The normalized spacial score (nSPS) is 17.1. The number of alkyl halides is 2. The van der Waals surface area contributed by atoms with Gasteiger partial charge in [-0.1, -0.05) is 11.6 Å². The molecule has 1 unspecified atom stereocenters. The van der Waals surface area contributed by atoms with Gasteiger partial charge in [0.05, 0.1) is 11.4 Å². The number of rotatable bonds is 3. The Morgan fingerprint density at radius 2 is 1.86 bits per heavy atom. The van der Waals surface area contributed by atoms with E-state index in [1.54, 1.807) is 24.8 Å². The highest BCUT2D eigenvalue weighted by Crippen LogP contribution is 2.32. The predicted octanol–water partition coefficient (Wildman–Crippen LogP) is 4.59. The van der Waals surface area contributed by atoms with Gasteiger partial charge in [0.1, 0.15) is 17.0 Å². The van der Waals surface area contributed by atoms with Gasteiger partial charge in [-0.3, -0.25) is 0 Å². The van der Waals surface area contributed by atoms with E-state index in [-0.39, 0.29) is 28.8 Å². The van der Waals surface area contributed by atoms with Crippen LogP contribution in [-0.2, 0) is 0 Å². The van der Waals surface area contributed by atoms with Crippen molar-refractivity contribution in [3.8, 4) is 11.3 Å². The second-order valence-electron chi connectivity index (χ2n) is 6.89. The molecule has 5 nitrogen and oxygen atoms in total. The molecule has 3 aromatic rings. The first-order valence-electron chi connectivity index (χ1n) is 8.85. The van der Waals surface area contributed by atoms with Crippen molar-refractivity contribution in [2.24, 2.45) is 5.92 Å². The number of hydrogen-bond acceptors (Lipinski definition) is 5. The minimum Gasteiger partial charge on any atom is -0.340 e. The molecule has 0 amide bonds. The lowest BCUT2D eigenvalue weighted by molar-refractivity contribution is 0.0879. The maximum atomic E-state index is 14.6. The van der Waals surface area contributed by atoms with Gasteiger partial charge in [-0.25, -0.2) is 28.1 Å². The molecule has 4 rings (SSSR count). The number of nitrogens with zero attached hydrogens (tertiary/aromatic N) is 5. The van der Waals surface area contributed by atoms with Crippen molar-refractivity contribution < 1.29 is 13.2 Å². The van der Waals surface area contributed by atoms with Crippen LogP contribution in [0.25, 0.3) is 22.4 Å². The molecule has 1 aromatic carbocycles. The van der Waals surface area contributed by atoms with E-state index in [4.69, 9.17) is 11.6 Å². The molecular weight excluding hydrogens is 391 g/mol. The smallest absolute Gasteiger partial charge is 0.243 e. The minimum atomic E-state index is -2.40. The Hall–Kier alpha value is -2.48. The Bertz CT molecular complexity index is 1060. The van der Waals surface area contributed by atoms with E-state index in [0.29, 0.717) is 35.5 Å². The number of aromatic nitrogens is 4. The van der Waals surface area contributed by atoms with E-state index in [9.17, 15) is 13.2 Å². The maximum Gasteiger partial charge on any atom is 0.243 e. The van der Waals surface area contributed by atoms with Gasteiger partial charge in [-0.05, 0) is 38.5 Å². The molecule has 1 aliphatic heterocycles. The van der Waals surface area contributed by atoms with Crippen molar-refractivity contribution in [1.29, 1.82) is 0 Å². The zero-order valence-electron chi connectivity index (χ0n) is 15.3. The van der Waals surface area contributed by atoms with Gasteiger partial charge in [0.25, 0.3) is 0 Å². The highest BCUT2D eigenvalue weighted by Gasteiger charge is 2.31. The number of fused-ring (bicyclic) bond motifs is 1. The van der Waals surface area contributed by atoms with Crippen molar-refractivity contribution in [2.45, 2.75) is 26.7 Å². The van der Waals surface area contributed by atoms with Crippen LogP contribution in [0.15, 0.2) is 18.2 Å². The molecular formula is C19H17ClF3N5. The van der Waals surface area contributed by atoms with Gasteiger partial charge in [-0.2, -0.15) is 4.98 Å². The molecule has 9 heteroatoms. The second-order valence-corrected chi connectivity index (χ2v) is 7.33. The second kappa shape index (κ2) is 7.16. The first-order valence-corrected chi connectivity index (χ1v) is 9.23. The molecule has 0 bridgehead atoms. The van der Waals surface area contributed by atoms with E-state index in [2.05, 4.69) is 19.9 Å². The van der Waals surface area contributed by atoms with Crippen LogP contribution in [0, 0.1) is 25.6 Å². The zero-order valence-corrected chi connectivity index (χ0v) is 16.0. The van der Waals surface area contributed by atoms with Crippen molar-refractivity contribution in [2.75, 3.05) is 18.0 Å². The SMILES string of the molecule is Cc1nc2nc(N3CCC(C(F)F)C3)nc(-c3ccc(Cl)cc3F)c2nc1C. The summed E-state index contributed by atoms with van der Waals surface area (Å²) in [5, 5.41) is 0.261. The van der Waals surface area contributed by atoms with Gasteiger partial charge < -0.3 is 4.90 Å². The van der Waals surface area contributed by atoms with Crippen LogP contribution in [-0.4, -0.2) is 39.5 Å². The van der Waals surface area contributed by atoms with Crippen LogP contribution in [0.3, 0.4) is 0 Å². The molecule has 1 aliphatic rings. The number of hydrogen-bond donors (Lipinski definition) is 0. The van der Waals surface area contributed by atoms with Crippen molar-refractivity contribution in [1.82, 2.24) is 19.9 Å². The molecule has 2 aromatic heterocycles. The third-order valence-electron chi connectivity index (χ3n) is 4.98. The third kappa shape index (κ3) is 3.37. The van der Waals surface area contributed by atoms with Crippen molar-refractivity contribution in [3.63, 3.8) is 0 Å². The highest BCUT2D eigenvalue weighted by atomic mass is 35.5. The third-order valence-corrected chi connectivity index (χ3v) is 5.22. The van der Waals surface area contributed by atoms with Crippen LogP contribution in [0.2, 0.25) is 5.02 Å².